The molecule has 0 bridgehead atoms. The third kappa shape index (κ3) is 2.60. The third-order valence-electron chi connectivity index (χ3n) is 4.06. The van der Waals surface area contributed by atoms with Crippen molar-refractivity contribution in [2.75, 3.05) is 0 Å². The first-order valence-corrected chi connectivity index (χ1v) is 7.47. The molecule has 1 aromatic heterocycles. The lowest BCUT2D eigenvalue weighted by Gasteiger charge is -2.16. The highest BCUT2D eigenvalue weighted by atomic mass is 16.2. The molecule has 112 valence electrons. The molecule has 0 aliphatic rings. The molecule has 3 aromatic rings. The summed E-state index contributed by atoms with van der Waals surface area (Å²) in [5.74, 6) is 0.140. The van der Waals surface area contributed by atoms with E-state index in [-0.39, 0.29) is 17.2 Å². The second kappa shape index (κ2) is 6.02. The van der Waals surface area contributed by atoms with Gasteiger partial charge in [-0.1, -0.05) is 49.4 Å². The van der Waals surface area contributed by atoms with Gasteiger partial charge in [-0.2, -0.15) is 0 Å². The topological polar surface area (TPSA) is 54.9 Å². The Balaban J connectivity index is 2.07. The van der Waals surface area contributed by atoms with Gasteiger partial charge in [0.05, 0.1) is 10.9 Å². The lowest BCUT2D eigenvalue weighted by molar-refractivity contribution is 0.517. The minimum atomic E-state index is -0.349. The summed E-state index contributed by atoms with van der Waals surface area (Å²) in [6.45, 7) is 2.46. The molecule has 1 unspecified atom stereocenters. The molecule has 1 N–H and O–H groups in total. The van der Waals surface area contributed by atoms with E-state index in [1.165, 1.54) is 4.57 Å². The van der Waals surface area contributed by atoms with E-state index in [9.17, 15) is 9.59 Å². The molecule has 0 aliphatic heterocycles. The minimum absolute atomic E-state index is 0.140. The average Bonchev–Trinajstić information content (AvgIpc) is 2.56. The number of hydrogen-bond acceptors (Lipinski definition) is 2. The van der Waals surface area contributed by atoms with Crippen molar-refractivity contribution in [2.45, 2.75) is 25.8 Å². The second-order valence-electron chi connectivity index (χ2n) is 5.41. The number of para-hydroxylation sites is 1. The zero-order valence-electron chi connectivity index (χ0n) is 12.5. The van der Waals surface area contributed by atoms with Gasteiger partial charge in [-0.3, -0.25) is 9.36 Å². The molecule has 0 spiro atoms. The van der Waals surface area contributed by atoms with Crippen molar-refractivity contribution in [1.29, 1.82) is 0 Å². The van der Waals surface area contributed by atoms with E-state index < -0.39 is 0 Å². The van der Waals surface area contributed by atoms with Crippen LogP contribution in [0.15, 0.2) is 64.2 Å². The maximum atomic E-state index is 12.6. The number of aromatic nitrogens is 2. The summed E-state index contributed by atoms with van der Waals surface area (Å²) in [4.78, 5) is 27.6. The number of hydrogen-bond donors (Lipinski definition) is 1. The molecule has 0 radical (unpaired) electrons. The molecule has 0 saturated carbocycles. The van der Waals surface area contributed by atoms with E-state index in [4.69, 9.17) is 0 Å². The molecule has 0 aliphatic carbocycles. The molecular weight excluding hydrogens is 276 g/mol. The summed E-state index contributed by atoms with van der Waals surface area (Å²) >= 11 is 0. The largest absolute Gasteiger partial charge is 0.328 e. The van der Waals surface area contributed by atoms with Crippen LogP contribution < -0.4 is 11.2 Å². The van der Waals surface area contributed by atoms with Crippen LogP contribution in [0.5, 0.6) is 0 Å². The number of nitrogens with zero attached hydrogens (tertiary/aromatic N) is 1. The lowest BCUT2D eigenvalue weighted by Crippen LogP contribution is -2.36. The first kappa shape index (κ1) is 14.3. The molecule has 3 rings (SSSR count). The molecule has 0 fully saturated rings. The van der Waals surface area contributed by atoms with Crippen molar-refractivity contribution < 1.29 is 0 Å². The predicted molar refractivity (Wildman–Crippen MR) is 88.3 cm³/mol. The van der Waals surface area contributed by atoms with Crippen molar-refractivity contribution >= 4 is 10.9 Å². The van der Waals surface area contributed by atoms with E-state index >= 15 is 0 Å². The summed E-state index contributed by atoms with van der Waals surface area (Å²) in [6, 6.07) is 17.1. The molecule has 4 nitrogen and oxygen atoms in total. The normalized spacial score (nSPS) is 12.4. The van der Waals surface area contributed by atoms with Crippen LogP contribution in [0.3, 0.4) is 0 Å². The maximum Gasteiger partial charge on any atom is 0.328 e. The third-order valence-corrected chi connectivity index (χ3v) is 4.06. The summed E-state index contributed by atoms with van der Waals surface area (Å²) in [5.41, 5.74) is 1.15. The number of benzene rings is 2. The van der Waals surface area contributed by atoms with Crippen LogP contribution >= 0.6 is 0 Å². The monoisotopic (exact) mass is 294 g/mol. The molecule has 4 heteroatoms. The van der Waals surface area contributed by atoms with Crippen molar-refractivity contribution in [3.8, 4) is 0 Å². The van der Waals surface area contributed by atoms with Crippen molar-refractivity contribution in [3.05, 3.63) is 81.0 Å². The molecule has 1 atom stereocenters. The van der Waals surface area contributed by atoms with Gasteiger partial charge in [0.2, 0.25) is 0 Å². The van der Waals surface area contributed by atoms with Crippen LogP contribution in [-0.2, 0) is 6.54 Å². The second-order valence-corrected chi connectivity index (χ2v) is 5.41. The van der Waals surface area contributed by atoms with Crippen LogP contribution in [0, 0.1) is 0 Å². The van der Waals surface area contributed by atoms with Gasteiger partial charge < -0.3 is 4.98 Å². The molecule has 0 saturated heterocycles. The Morgan fingerprint density at radius 1 is 1.00 bits per heavy atom. The smallest absolute Gasteiger partial charge is 0.307 e. The Hall–Kier alpha value is -2.62. The Kier molecular flexibility index (Phi) is 3.92. The Morgan fingerprint density at radius 3 is 2.41 bits per heavy atom. The first-order chi connectivity index (χ1) is 10.7. The molecule has 0 amide bonds. The average molecular weight is 294 g/mol. The van der Waals surface area contributed by atoms with E-state index in [1.54, 1.807) is 24.3 Å². The van der Waals surface area contributed by atoms with E-state index in [0.29, 0.717) is 17.4 Å². The summed E-state index contributed by atoms with van der Waals surface area (Å²) < 4.78 is 1.31. The standard InChI is InChI=1S/C18H18N2O2/c1-2-13(14-8-4-3-5-9-14)12-20-17(21)15-10-6-7-11-16(15)19-18(20)22/h3-11,13H,2,12H2,1H3,(H,19,22). The first-order valence-electron chi connectivity index (χ1n) is 7.47. The molecule has 2 aromatic carbocycles. The number of H-pyrrole nitrogens is 1. The van der Waals surface area contributed by atoms with Crippen molar-refractivity contribution in [3.63, 3.8) is 0 Å². The van der Waals surface area contributed by atoms with Gasteiger partial charge in [0.15, 0.2) is 0 Å². The Bertz CT molecular complexity index is 894. The lowest BCUT2D eigenvalue weighted by atomic mass is 9.96. The summed E-state index contributed by atoms with van der Waals surface area (Å²) in [7, 11) is 0. The van der Waals surface area contributed by atoms with Crippen LogP contribution in [0.25, 0.3) is 10.9 Å². The van der Waals surface area contributed by atoms with Crippen LogP contribution in [0.2, 0.25) is 0 Å². The highest BCUT2D eigenvalue weighted by molar-refractivity contribution is 5.76. The number of aromatic amines is 1. The molecule has 22 heavy (non-hydrogen) atoms. The number of rotatable bonds is 4. The van der Waals surface area contributed by atoms with Gasteiger partial charge in [0, 0.05) is 12.5 Å². The van der Waals surface area contributed by atoms with Crippen LogP contribution in [0.1, 0.15) is 24.8 Å². The number of fused-ring (bicyclic) bond motifs is 1. The molecule has 1 heterocycles. The Labute approximate surface area is 128 Å². The van der Waals surface area contributed by atoms with E-state index in [0.717, 1.165) is 12.0 Å². The Morgan fingerprint density at radius 2 is 1.68 bits per heavy atom. The van der Waals surface area contributed by atoms with E-state index in [1.807, 2.05) is 30.3 Å². The highest BCUT2D eigenvalue weighted by Crippen LogP contribution is 2.20. The zero-order valence-corrected chi connectivity index (χ0v) is 12.5. The van der Waals surface area contributed by atoms with Crippen LogP contribution in [0.4, 0.5) is 0 Å². The van der Waals surface area contributed by atoms with Gasteiger partial charge in [0.25, 0.3) is 5.56 Å². The highest BCUT2D eigenvalue weighted by Gasteiger charge is 2.14. The van der Waals surface area contributed by atoms with E-state index in [2.05, 4.69) is 11.9 Å². The maximum absolute atomic E-state index is 12.6. The fourth-order valence-electron chi connectivity index (χ4n) is 2.78. The predicted octanol–water partition coefficient (Wildman–Crippen LogP) is 2.88. The fraction of sp³-hybridized carbons (Fsp3) is 0.222. The zero-order chi connectivity index (χ0) is 15.5. The summed E-state index contributed by atoms with van der Waals surface area (Å²) in [6.07, 6.45) is 0.864. The SMILES string of the molecule is CCC(Cn1c(=O)[nH]c2ccccc2c1=O)c1ccccc1. The summed E-state index contributed by atoms with van der Waals surface area (Å²) in [5, 5.41) is 0.546. The fourth-order valence-corrected chi connectivity index (χ4v) is 2.78. The van der Waals surface area contributed by atoms with Gasteiger partial charge >= 0.3 is 5.69 Å². The van der Waals surface area contributed by atoms with Crippen molar-refractivity contribution in [2.24, 2.45) is 0 Å². The van der Waals surface area contributed by atoms with Crippen molar-refractivity contribution in [1.82, 2.24) is 9.55 Å². The van der Waals surface area contributed by atoms with Gasteiger partial charge in [-0.05, 0) is 24.1 Å². The van der Waals surface area contributed by atoms with Gasteiger partial charge in [-0.15, -0.1) is 0 Å². The molecular formula is C18H18N2O2. The van der Waals surface area contributed by atoms with Crippen LogP contribution in [-0.4, -0.2) is 9.55 Å². The number of nitrogens with one attached hydrogen (secondary N) is 1. The van der Waals surface area contributed by atoms with Gasteiger partial charge in [0.1, 0.15) is 0 Å². The van der Waals surface area contributed by atoms with Gasteiger partial charge in [-0.25, -0.2) is 4.79 Å². The quantitative estimate of drug-likeness (QED) is 0.804. The minimum Gasteiger partial charge on any atom is -0.307 e.